The number of non-ortho nitro benzene ring substituents is 1. The summed E-state index contributed by atoms with van der Waals surface area (Å²) < 4.78 is 0. The smallest absolute Gasteiger partial charge is 0.271 e. The average molecular weight is 348 g/mol. The molecule has 0 aliphatic heterocycles. The monoisotopic (exact) mass is 348 g/mol. The Morgan fingerprint density at radius 1 is 1.38 bits per heavy atom. The van der Waals surface area contributed by atoms with Crippen molar-refractivity contribution in [1.82, 2.24) is 10.3 Å². The molecule has 0 fully saturated rings. The molecule has 0 saturated heterocycles. The molecule has 8 heteroatoms. The van der Waals surface area contributed by atoms with Gasteiger partial charge in [-0.25, -0.2) is 4.98 Å². The zero-order chi connectivity index (χ0) is 17.9. The second kappa shape index (κ2) is 7.06. The molecule has 1 heterocycles. The van der Waals surface area contributed by atoms with Gasteiger partial charge in [0.25, 0.3) is 5.69 Å². The van der Waals surface area contributed by atoms with Crippen molar-refractivity contribution in [3.8, 4) is 0 Å². The summed E-state index contributed by atoms with van der Waals surface area (Å²) in [5, 5.41) is 19.6. The lowest BCUT2D eigenvalue weighted by Gasteiger charge is -2.23. The van der Waals surface area contributed by atoms with Crippen LogP contribution in [0, 0.1) is 24.0 Å². The SMILES string of the molecule is Cc1csc(C(C)(C)NCC(=O)Nc2cc([N+](=O)[O-])ccc2C)n1. The zero-order valence-electron chi connectivity index (χ0n) is 14.0. The highest BCUT2D eigenvalue weighted by Crippen LogP contribution is 2.24. The van der Waals surface area contributed by atoms with Crippen LogP contribution >= 0.6 is 11.3 Å². The number of aryl methyl sites for hydroxylation is 2. The fraction of sp³-hybridized carbons (Fsp3) is 0.375. The second-order valence-electron chi connectivity index (χ2n) is 6.08. The fourth-order valence-electron chi connectivity index (χ4n) is 2.07. The van der Waals surface area contributed by atoms with Crippen LogP contribution in [0.3, 0.4) is 0 Å². The fourth-order valence-corrected chi connectivity index (χ4v) is 2.97. The van der Waals surface area contributed by atoms with Crippen LogP contribution in [0.4, 0.5) is 11.4 Å². The van der Waals surface area contributed by atoms with Crippen LogP contribution in [0.2, 0.25) is 0 Å². The van der Waals surface area contributed by atoms with Crippen molar-refractivity contribution in [1.29, 1.82) is 0 Å². The number of hydrogen-bond acceptors (Lipinski definition) is 6. The van der Waals surface area contributed by atoms with Gasteiger partial charge in [0.05, 0.1) is 22.7 Å². The van der Waals surface area contributed by atoms with E-state index in [2.05, 4.69) is 15.6 Å². The highest BCUT2D eigenvalue weighted by Gasteiger charge is 2.24. The topological polar surface area (TPSA) is 97.2 Å². The molecule has 0 aliphatic carbocycles. The summed E-state index contributed by atoms with van der Waals surface area (Å²) in [6.07, 6.45) is 0. The van der Waals surface area contributed by atoms with Gasteiger partial charge in [-0.15, -0.1) is 11.3 Å². The number of hydrogen-bond donors (Lipinski definition) is 2. The van der Waals surface area contributed by atoms with Gasteiger partial charge in [0.1, 0.15) is 5.01 Å². The van der Waals surface area contributed by atoms with E-state index in [0.29, 0.717) is 5.69 Å². The first-order valence-electron chi connectivity index (χ1n) is 7.41. The zero-order valence-corrected chi connectivity index (χ0v) is 14.9. The number of rotatable bonds is 6. The summed E-state index contributed by atoms with van der Waals surface area (Å²) in [7, 11) is 0. The molecule has 24 heavy (non-hydrogen) atoms. The Balaban J connectivity index is 2.01. The van der Waals surface area contributed by atoms with Crippen molar-refractivity contribution in [3.05, 3.63) is 50.0 Å². The summed E-state index contributed by atoms with van der Waals surface area (Å²) in [6.45, 7) is 7.70. The number of carbonyl (C=O) groups is 1. The number of amides is 1. The summed E-state index contributed by atoms with van der Waals surface area (Å²) in [5.41, 5.74) is 1.67. The molecule has 0 radical (unpaired) electrons. The highest BCUT2D eigenvalue weighted by atomic mass is 32.1. The highest BCUT2D eigenvalue weighted by molar-refractivity contribution is 7.09. The molecule has 0 unspecified atom stereocenters. The van der Waals surface area contributed by atoms with Gasteiger partial charge in [0.15, 0.2) is 0 Å². The third kappa shape index (κ3) is 4.36. The van der Waals surface area contributed by atoms with E-state index in [-0.39, 0.29) is 18.1 Å². The van der Waals surface area contributed by atoms with Gasteiger partial charge in [0.2, 0.25) is 5.91 Å². The molecule has 2 aromatic rings. The molecule has 0 atom stereocenters. The number of nitro benzene ring substituents is 1. The Bertz CT molecular complexity index is 770. The molecule has 0 saturated carbocycles. The number of nitrogens with zero attached hydrogens (tertiary/aromatic N) is 2. The Labute approximate surface area is 144 Å². The van der Waals surface area contributed by atoms with E-state index in [1.165, 1.54) is 23.5 Å². The molecule has 0 aliphatic rings. The Morgan fingerprint density at radius 2 is 2.08 bits per heavy atom. The van der Waals surface area contributed by atoms with Gasteiger partial charge in [-0.1, -0.05) is 6.07 Å². The molecule has 2 N–H and O–H groups in total. The summed E-state index contributed by atoms with van der Waals surface area (Å²) in [4.78, 5) is 27.0. The average Bonchev–Trinajstić information content (AvgIpc) is 2.95. The number of aromatic nitrogens is 1. The summed E-state index contributed by atoms with van der Waals surface area (Å²) in [6, 6.07) is 4.39. The molecular weight excluding hydrogens is 328 g/mol. The number of carbonyl (C=O) groups excluding carboxylic acids is 1. The molecule has 0 bridgehead atoms. The molecule has 2 rings (SSSR count). The largest absolute Gasteiger partial charge is 0.324 e. The van der Waals surface area contributed by atoms with Crippen LogP contribution in [0.5, 0.6) is 0 Å². The Hall–Kier alpha value is -2.32. The maximum atomic E-state index is 12.2. The number of anilines is 1. The molecule has 0 spiro atoms. The van der Waals surface area contributed by atoms with E-state index in [0.717, 1.165) is 16.3 Å². The van der Waals surface area contributed by atoms with E-state index < -0.39 is 10.5 Å². The minimum atomic E-state index is -0.485. The van der Waals surface area contributed by atoms with Crippen LogP contribution < -0.4 is 10.6 Å². The molecule has 1 amide bonds. The van der Waals surface area contributed by atoms with Crippen LogP contribution in [0.15, 0.2) is 23.6 Å². The number of benzene rings is 1. The van der Waals surface area contributed by atoms with E-state index >= 15 is 0 Å². The standard InChI is InChI=1S/C16H20N4O3S/c1-10-5-6-12(20(22)23)7-13(10)19-14(21)8-17-16(3,4)15-18-11(2)9-24-15/h5-7,9,17H,8H2,1-4H3,(H,19,21). The van der Waals surface area contributed by atoms with Crippen molar-refractivity contribution in [3.63, 3.8) is 0 Å². The predicted molar refractivity (Wildman–Crippen MR) is 94.3 cm³/mol. The first-order valence-corrected chi connectivity index (χ1v) is 8.29. The second-order valence-corrected chi connectivity index (χ2v) is 6.94. The lowest BCUT2D eigenvalue weighted by atomic mass is 10.1. The van der Waals surface area contributed by atoms with E-state index in [4.69, 9.17) is 0 Å². The molecule has 1 aromatic carbocycles. The Kier molecular flexibility index (Phi) is 5.30. The van der Waals surface area contributed by atoms with Crippen molar-refractivity contribution < 1.29 is 9.72 Å². The van der Waals surface area contributed by atoms with E-state index in [9.17, 15) is 14.9 Å². The van der Waals surface area contributed by atoms with Gasteiger partial charge in [-0.2, -0.15) is 0 Å². The molecule has 128 valence electrons. The maximum Gasteiger partial charge on any atom is 0.271 e. The summed E-state index contributed by atoms with van der Waals surface area (Å²) in [5.74, 6) is -0.264. The van der Waals surface area contributed by atoms with Crippen molar-refractivity contribution in [2.45, 2.75) is 33.2 Å². The minimum absolute atomic E-state index is 0.0533. The first kappa shape index (κ1) is 18.0. The van der Waals surface area contributed by atoms with Crippen molar-refractivity contribution >= 4 is 28.6 Å². The van der Waals surface area contributed by atoms with E-state index in [1.807, 2.05) is 26.2 Å². The Morgan fingerprint density at radius 3 is 2.67 bits per heavy atom. The van der Waals surface area contributed by atoms with E-state index in [1.54, 1.807) is 13.0 Å². The van der Waals surface area contributed by atoms with Crippen molar-refractivity contribution in [2.24, 2.45) is 0 Å². The predicted octanol–water partition coefficient (Wildman–Crippen LogP) is 3.13. The lowest BCUT2D eigenvalue weighted by molar-refractivity contribution is -0.384. The third-order valence-corrected chi connectivity index (χ3v) is 4.83. The minimum Gasteiger partial charge on any atom is -0.324 e. The number of nitro groups is 1. The van der Waals surface area contributed by atoms with Crippen LogP contribution in [0.25, 0.3) is 0 Å². The molecular formula is C16H20N4O3S. The van der Waals surface area contributed by atoms with Gasteiger partial charge in [-0.3, -0.25) is 20.2 Å². The molecule has 1 aromatic heterocycles. The maximum absolute atomic E-state index is 12.2. The number of nitrogens with one attached hydrogen (secondary N) is 2. The van der Waals surface area contributed by atoms with Crippen molar-refractivity contribution in [2.75, 3.05) is 11.9 Å². The van der Waals surface area contributed by atoms with Gasteiger partial charge in [0, 0.05) is 23.2 Å². The first-order chi connectivity index (χ1) is 11.2. The van der Waals surface area contributed by atoms with Crippen LogP contribution in [0.1, 0.15) is 30.1 Å². The quantitative estimate of drug-likeness (QED) is 0.617. The van der Waals surface area contributed by atoms with Crippen LogP contribution in [-0.2, 0) is 10.3 Å². The lowest BCUT2D eigenvalue weighted by Crippen LogP contribution is -2.41. The van der Waals surface area contributed by atoms with Gasteiger partial charge >= 0.3 is 0 Å². The summed E-state index contributed by atoms with van der Waals surface area (Å²) >= 11 is 1.54. The normalized spacial score (nSPS) is 11.3. The molecule has 7 nitrogen and oxygen atoms in total. The van der Waals surface area contributed by atoms with Gasteiger partial charge < -0.3 is 5.32 Å². The number of thiazole rings is 1. The van der Waals surface area contributed by atoms with Gasteiger partial charge in [-0.05, 0) is 33.3 Å². The van der Waals surface area contributed by atoms with Crippen LogP contribution in [-0.4, -0.2) is 22.4 Å². The third-order valence-electron chi connectivity index (χ3n) is 3.55.